The van der Waals surface area contributed by atoms with E-state index in [1.807, 2.05) is 20.8 Å². The number of methoxy groups -OCH3 is 1. The number of rotatable bonds is 5. The molecule has 128 valence electrons. The average Bonchev–Trinajstić information content (AvgIpc) is 3.01. The minimum absolute atomic E-state index is 0.187. The number of amides is 1. The molecule has 0 saturated heterocycles. The van der Waals surface area contributed by atoms with Gasteiger partial charge in [0.05, 0.1) is 18.4 Å². The number of benzene rings is 1. The molecular weight excluding hydrogens is 312 g/mol. The lowest BCUT2D eigenvalue weighted by Crippen LogP contribution is -2.20. The quantitative estimate of drug-likeness (QED) is 0.847. The van der Waals surface area contributed by atoms with Crippen molar-refractivity contribution >= 4 is 17.8 Å². The highest BCUT2D eigenvalue weighted by molar-refractivity contribution is 5.94. The number of aromatic nitrogens is 1. The number of hydrogen-bond acceptors (Lipinski definition) is 6. The molecule has 0 unspecified atom stereocenters. The highest BCUT2D eigenvalue weighted by Gasteiger charge is 2.20. The fourth-order valence-corrected chi connectivity index (χ4v) is 1.80. The molecule has 1 aromatic carbocycles. The summed E-state index contributed by atoms with van der Waals surface area (Å²) in [5.41, 5.74) is 0.860. The van der Waals surface area contributed by atoms with Gasteiger partial charge in [0.25, 0.3) is 5.91 Å². The van der Waals surface area contributed by atoms with Crippen LogP contribution in [0.25, 0.3) is 0 Å². The fraction of sp³-hybridized carbons (Fsp3) is 0.353. The lowest BCUT2D eigenvalue weighted by molar-refractivity contribution is -0.119. The molecule has 2 aromatic rings. The first kappa shape index (κ1) is 17.5. The van der Waals surface area contributed by atoms with E-state index in [0.717, 1.165) is 0 Å². The number of carbonyl (C=O) groups is 2. The second kappa shape index (κ2) is 7.16. The van der Waals surface area contributed by atoms with E-state index in [1.54, 1.807) is 30.3 Å². The molecule has 24 heavy (non-hydrogen) atoms. The van der Waals surface area contributed by atoms with Crippen LogP contribution in [0.15, 0.2) is 34.9 Å². The molecule has 0 radical (unpaired) electrons. The Labute approximate surface area is 139 Å². The van der Waals surface area contributed by atoms with Crippen LogP contribution in [0.3, 0.4) is 0 Å². The third-order valence-corrected chi connectivity index (χ3v) is 3.20. The van der Waals surface area contributed by atoms with Gasteiger partial charge in [0.2, 0.25) is 5.88 Å². The van der Waals surface area contributed by atoms with Crippen LogP contribution in [0.1, 0.15) is 36.8 Å². The van der Waals surface area contributed by atoms with E-state index in [4.69, 9.17) is 14.0 Å². The maximum Gasteiger partial charge on any atom is 0.338 e. The van der Waals surface area contributed by atoms with Gasteiger partial charge in [-0.05, 0) is 24.3 Å². The Kier molecular flexibility index (Phi) is 5.23. The van der Waals surface area contributed by atoms with E-state index >= 15 is 0 Å². The smallest absolute Gasteiger partial charge is 0.338 e. The Morgan fingerprint density at radius 1 is 1.21 bits per heavy atom. The van der Waals surface area contributed by atoms with Crippen LogP contribution in [0, 0.1) is 0 Å². The fourth-order valence-electron chi connectivity index (χ4n) is 1.80. The molecule has 0 aliphatic rings. The average molecular weight is 332 g/mol. The minimum atomic E-state index is -0.597. The summed E-state index contributed by atoms with van der Waals surface area (Å²) in [6.07, 6.45) is 0. The maximum absolute atomic E-state index is 11.9. The summed E-state index contributed by atoms with van der Waals surface area (Å²) in [7, 11) is 1.53. The molecule has 7 nitrogen and oxygen atoms in total. The number of anilines is 1. The third-order valence-electron chi connectivity index (χ3n) is 3.20. The summed E-state index contributed by atoms with van der Waals surface area (Å²) in [4.78, 5) is 23.7. The van der Waals surface area contributed by atoms with Crippen molar-refractivity contribution in [2.45, 2.75) is 26.2 Å². The predicted octanol–water partition coefficient (Wildman–Crippen LogP) is 2.78. The largest absolute Gasteiger partial charge is 0.497 e. The maximum atomic E-state index is 11.9. The topological polar surface area (TPSA) is 90.7 Å². The first-order valence-electron chi connectivity index (χ1n) is 7.38. The Bertz CT molecular complexity index is 713. The van der Waals surface area contributed by atoms with E-state index in [9.17, 15) is 9.59 Å². The van der Waals surface area contributed by atoms with Crippen molar-refractivity contribution in [3.63, 3.8) is 0 Å². The molecule has 1 N–H and O–H groups in total. The zero-order chi connectivity index (χ0) is 17.7. The highest BCUT2D eigenvalue weighted by Crippen LogP contribution is 2.23. The molecule has 1 aromatic heterocycles. The van der Waals surface area contributed by atoms with Crippen molar-refractivity contribution in [3.8, 4) is 5.75 Å². The molecule has 0 saturated carbocycles. The molecule has 0 bridgehead atoms. The molecule has 1 amide bonds. The van der Waals surface area contributed by atoms with Crippen molar-refractivity contribution in [3.05, 3.63) is 41.6 Å². The van der Waals surface area contributed by atoms with Gasteiger partial charge >= 0.3 is 5.97 Å². The van der Waals surface area contributed by atoms with E-state index in [2.05, 4.69) is 10.5 Å². The number of hydrogen-bond donors (Lipinski definition) is 1. The summed E-state index contributed by atoms with van der Waals surface area (Å²) in [6.45, 7) is 5.52. The first-order valence-corrected chi connectivity index (χ1v) is 7.38. The molecule has 1 heterocycles. The van der Waals surface area contributed by atoms with Crippen LogP contribution in [0.2, 0.25) is 0 Å². The lowest BCUT2D eigenvalue weighted by atomic mass is 9.92. The Balaban J connectivity index is 1.86. The van der Waals surface area contributed by atoms with Gasteiger partial charge in [-0.25, -0.2) is 4.79 Å². The Morgan fingerprint density at radius 2 is 1.88 bits per heavy atom. The van der Waals surface area contributed by atoms with Gasteiger partial charge in [-0.15, -0.1) is 0 Å². The van der Waals surface area contributed by atoms with E-state index in [1.165, 1.54) is 7.11 Å². The van der Waals surface area contributed by atoms with E-state index in [-0.39, 0.29) is 11.3 Å². The summed E-state index contributed by atoms with van der Waals surface area (Å²) in [5.74, 6) is -0.260. The van der Waals surface area contributed by atoms with Crippen LogP contribution >= 0.6 is 0 Å². The molecule has 7 heteroatoms. The molecular formula is C17H20N2O5. The lowest BCUT2D eigenvalue weighted by Gasteiger charge is -2.12. The van der Waals surface area contributed by atoms with Crippen LogP contribution in [0.5, 0.6) is 5.75 Å². The van der Waals surface area contributed by atoms with Gasteiger partial charge < -0.3 is 14.0 Å². The van der Waals surface area contributed by atoms with Gasteiger partial charge in [-0.1, -0.05) is 25.9 Å². The normalized spacial score (nSPS) is 11.0. The molecule has 0 fully saturated rings. The molecule has 0 spiro atoms. The van der Waals surface area contributed by atoms with Gasteiger partial charge in [0, 0.05) is 11.5 Å². The highest BCUT2D eigenvalue weighted by atomic mass is 16.5. The van der Waals surface area contributed by atoms with Gasteiger partial charge in [0.15, 0.2) is 6.61 Å². The van der Waals surface area contributed by atoms with Crippen molar-refractivity contribution in [1.29, 1.82) is 0 Å². The molecule has 0 aliphatic heterocycles. The standard InChI is InChI=1S/C17H20N2O5/c1-17(2,3)13-9-15(24-19-13)18-14(20)10-23-16(21)11-5-7-12(22-4)8-6-11/h5-9H,10H2,1-4H3,(H,18,20). The van der Waals surface area contributed by atoms with Crippen molar-refractivity contribution in [2.24, 2.45) is 0 Å². The number of nitrogens with one attached hydrogen (secondary N) is 1. The van der Waals surface area contributed by atoms with Crippen molar-refractivity contribution < 1.29 is 23.6 Å². The zero-order valence-corrected chi connectivity index (χ0v) is 14.1. The Morgan fingerprint density at radius 3 is 2.42 bits per heavy atom. The summed E-state index contributed by atoms with van der Waals surface area (Å²) >= 11 is 0. The summed E-state index contributed by atoms with van der Waals surface area (Å²) in [5, 5.41) is 6.38. The van der Waals surface area contributed by atoms with Gasteiger partial charge in [-0.3, -0.25) is 10.1 Å². The second-order valence-electron chi connectivity index (χ2n) is 6.18. The van der Waals surface area contributed by atoms with Crippen LogP contribution in [-0.2, 0) is 14.9 Å². The van der Waals surface area contributed by atoms with E-state index < -0.39 is 18.5 Å². The van der Waals surface area contributed by atoms with Crippen molar-refractivity contribution in [1.82, 2.24) is 5.16 Å². The van der Waals surface area contributed by atoms with E-state index in [0.29, 0.717) is 17.0 Å². The minimum Gasteiger partial charge on any atom is -0.497 e. The van der Waals surface area contributed by atoms with Crippen LogP contribution in [-0.4, -0.2) is 30.7 Å². The van der Waals surface area contributed by atoms with Crippen LogP contribution in [0.4, 0.5) is 5.88 Å². The SMILES string of the molecule is COc1ccc(C(=O)OCC(=O)Nc2cc(C(C)(C)C)no2)cc1. The number of esters is 1. The predicted molar refractivity (Wildman–Crippen MR) is 87.1 cm³/mol. The third kappa shape index (κ3) is 4.58. The first-order chi connectivity index (χ1) is 11.3. The van der Waals surface area contributed by atoms with Crippen LogP contribution < -0.4 is 10.1 Å². The summed E-state index contributed by atoms with van der Waals surface area (Å²) in [6, 6.07) is 8.04. The molecule has 0 atom stereocenters. The molecule has 0 aliphatic carbocycles. The Hall–Kier alpha value is -2.83. The van der Waals surface area contributed by atoms with Gasteiger partial charge in [-0.2, -0.15) is 0 Å². The van der Waals surface area contributed by atoms with Gasteiger partial charge in [0.1, 0.15) is 5.75 Å². The summed E-state index contributed by atoms with van der Waals surface area (Å²) < 4.78 is 15.0. The number of ether oxygens (including phenoxy) is 2. The monoisotopic (exact) mass is 332 g/mol. The number of carbonyl (C=O) groups excluding carboxylic acids is 2. The number of nitrogens with zero attached hydrogens (tertiary/aromatic N) is 1. The molecule has 2 rings (SSSR count). The second-order valence-corrected chi connectivity index (χ2v) is 6.18. The zero-order valence-electron chi connectivity index (χ0n) is 14.1. The van der Waals surface area contributed by atoms with Crippen molar-refractivity contribution in [2.75, 3.05) is 19.0 Å².